The van der Waals surface area contributed by atoms with Crippen LogP contribution in [0.3, 0.4) is 0 Å². The number of carbonyl (C=O) groups is 1. The van der Waals surface area contributed by atoms with Gasteiger partial charge in [0.25, 0.3) is 0 Å². The smallest absolute Gasteiger partial charge is 0.344 e. The number of benzene rings is 2. The molecule has 2 aromatic rings. The molecule has 0 aromatic heterocycles. The van der Waals surface area contributed by atoms with Crippen LogP contribution in [-0.4, -0.2) is 19.2 Å². The summed E-state index contributed by atoms with van der Waals surface area (Å²) < 4.78 is 15.9. The van der Waals surface area contributed by atoms with E-state index in [-0.39, 0.29) is 12.6 Å². The maximum Gasteiger partial charge on any atom is 0.344 e. The van der Waals surface area contributed by atoms with Crippen molar-refractivity contribution in [2.24, 2.45) is 0 Å². The highest BCUT2D eigenvalue weighted by atomic mass is 16.6. The van der Waals surface area contributed by atoms with Gasteiger partial charge in [-0.15, -0.1) is 0 Å². The fourth-order valence-electron chi connectivity index (χ4n) is 1.75. The summed E-state index contributed by atoms with van der Waals surface area (Å²) in [5.74, 6) is 1.07. The van der Waals surface area contributed by atoms with Crippen molar-refractivity contribution in [2.75, 3.05) is 13.2 Å². The molecular formula is C17H18O4. The maximum atomic E-state index is 11.2. The number of hydrogen-bond acceptors (Lipinski definition) is 4. The summed E-state index contributed by atoms with van der Waals surface area (Å²) in [6.07, 6.45) is 0. The molecule has 4 heteroatoms. The molecule has 0 saturated heterocycles. The molecule has 0 N–H and O–H groups in total. The van der Waals surface area contributed by atoms with E-state index in [9.17, 15) is 4.79 Å². The van der Waals surface area contributed by atoms with E-state index in [1.54, 1.807) is 13.0 Å². The summed E-state index contributed by atoms with van der Waals surface area (Å²) in [6.45, 7) is 2.48. The highest BCUT2D eigenvalue weighted by Gasteiger charge is 2.04. The number of para-hydroxylation sites is 1. The molecular weight excluding hydrogens is 268 g/mol. The molecule has 21 heavy (non-hydrogen) atoms. The summed E-state index contributed by atoms with van der Waals surface area (Å²) in [5.41, 5.74) is 0.972. The van der Waals surface area contributed by atoms with Crippen LogP contribution in [0.25, 0.3) is 0 Å². The summed E-state index contributed by atoms with van der Waals surface area (Å²) >= 11 is 0. The average Bonchev–Trinajstić information content (AvgIpc) is 2.53. The monoisotopic (exact) mass is 286 g/mol. The standard InChI is InChI=1S/C17H18O4/c1-2-19-17(18)13-21-16-10-6-7-14(11-16)12-20-15-8-4-3-5-9-15/h3-11H,2,12-13H2,1H3. The van der Waals surface area contributed by atoms with E-state index in [4.69, 9.17) is 14.2 Å². The Labute approximate surface area is 124 Å². The predicted molar refractivity (Wildman–Crippen MR) is 79.3 cm³/mol. The lowest BCUT2D eigenvalue weighted by molar-refractivity contribution is -0.145. The molecule has 110 valence electrons. The van der Waals surface area contributed by atoms with Gasteiger partial charge < -0.3 is 14.2 Å². The largest absolute Gasteiger partial charge is 0.489 e. The number of rotatable bonds is 7. The molecule has 0 bridgehead atoms. The van der Waals surface area contributed by atoms with Crippen LogP contribution in [0.5, 0.6) is 11.5 Å². The van der Waals surface area contributed by atoms with Crippen molar-refractivity contribution >= 4 is 5.97 Å². The lowest BCUT2D eigenvalue weighted by atomic mass is 10.2. The Kier molecular flexibility index (Phi) is 5.64. The fraction of sp³-hybridized carbons (Fsp3) is 0.235. The van der Waals surface area contributed by atoms with Gasteiger partial charge in [-0.05, 0) is 36.8 Å². The molecule has 0 atom stereocenters. The van der Waals surface area contributed by atoms with Gasteiger partial charge in [0.2, 0.25) is 0 Å². The zero-order valence-electron chi connectivity index (χ0n) is 12.0. The molecule has 0 unspecified atom stereocenters. The van der Waals surface area contributed by atoms with Crippen molar-refractivity contribution in [3.63, 3.8) is 0 Å². The third-order valence-corrected chi connectivity index (χ3v) is 2.71. The van der Waals surface area contributed by atoms with Crippen molar-refractivity contribution in [3.8, 4) is 11.5 Å². The minimum Gasteiger partial charge on any atom is -0.489 e. The molecule has 2 rings (SSSR count). The first-order valence-corrected chi connectivity index (χ1v) is 6.83. The Morgan fingerprint density at radius 1 is 0.952 bits per heavy atom. The van der Waals surface area contributed by atoms with Crippen LogP contribution in [0.4, 0.5) is 0 Å². The van der Waals surface area contributed by atoms with Crippen LogP contribution < -0.4 is 9.47 Å². The van der Waals surface area contributed by atoms with Crippen LogP contribution in [0.2, 0.25) is 0 Å². The van der Waals surface area contributed by atoms with Crippen LogP contribution in [0.1, 0.15) is 12.5 Å². The fourth-order valence-corrected chi connectivity index (χ4v) is 1.75. The molecule has 0 radical (unpaired) electrons. The normalized spacial score (nSPS) is 9.95. The van der Waals surface area contributed by atoms with E-state index in [1.807, 2.05) is 48.5 Å². The van der Waals surface area contributed by atoms with E-state index < -0.39 is 0 Å². The van der Waals surface area contributed by atoms with Crippen LogP contribution >= 0.6 is 0 Å². The third-order valence-electron chi connectivity index (χ3n) is 2.71. The number of esters is 1. The zero-order chi connectivity index (χ0) is 14.9. The lowest BCUT2D eigenvalue weighted by Gasteiger charge is -2.09. The summed E-state index contributed by atoms with van der Waals surface area (Å²) in [6, 6.07) is 17.1. The van der Waals surface area contributed by atoms with Gasteiger partial charge in [-0.3, -0.25) is 0 Å². The minimum absolute atomic E-state index is 0.0865. The van der Waals surface area contributed by atoms with Gasteiger partial charge in [0.1, 0.15) is 18.1 Å². The second-order valence-corrected chi connectivity index (χ2v) is 4.34. The van der Waals surface area contributed by atoms with E-state index in [2.05, 4.69) is 0 Å². The second-order valence-electron chi connectivity index (χ2n) is 4.34. The number of hydrogen-bond donors (Lipinski definition) is 0. The van der Waals surface area contributed by atoms with Crippen molar-refractivity contribution < 1.29 is 19.0 Å². The van der Waals surface area contributed by atoms with Gasteiger partial charge in [0, 0.05) is 0 Å². The van der Waals surface area contributed by atoms with Crippen LogP contribution in [0.15, 0.2) is 54.6 Å². The Bertz CT molecular complexity index is 566. The van der Waals surface area contributed by atoms with Crippen LogP contribution in [0, 0.1) is 0 Å². The zero-order valence-corrected chi connectivity index (χ0v) is 12.0. The molecule has 0 aliphatic heterocycles. The first-order chi connectivity index (χ1) is 10.3. The molecule has 0 amide bonds. The first kappa shape index (κ1) is 14.9. The Morgan fingerprint density at radius 2 is 1.71 bits per heavy atom. The molecule has 0 fully saturated rings. The van der Waals surface area contributed by atoms with Gasteiger partial charge in [-0.1, -0.05) is 30.3 Å². The van der Waals surface area contributed by atoms with Crippen molar-refractivity contribution in [3.05, 3.63) is 60.2 Å². The SMILES string of the molecule is CCOC(=O)COc1cccc(COc2ccccc2)c1. The van der Waals surface area contributed by atoms with Gasteiger partial charge in [-0.2, -0.15) is 0 Å². The predicted octanol–water partition coefficient (Wildman–Crippen LogP) is 3.21. The van der Waals surface area contributed by atoms with Gasteiger partial charge in [0.15, 0.2) is 6.61 Å². The molecule has 0 aliphatic carbocycles. The summed E-state index contributed by atoms with van der Waals surface area (Å²) in [5, 5.41) is 0. The average molecular weight is 286 g/mol. The van der Waals surface area contributed by atoms with E-state index in [1.165, 1.54) is 0 Å². The Morgan fingerprint density at radius 3 is 2.48 bits per heavy atom. The number of ether oxygens (including phenoxy) is 3. The highest BCUT2D eigenvalue weighted by molar-refractivity contribution is 5.71. The minimum atomic E-state index is -0.372. The molecule has 0 saturated carbocycles. The third kappa shape index (κ3) is 5.18. The van der Waals surface area contributed by atoms with Crippen molar-refractivity contribution in [2.45, 2.75) is 13.5 Å². The van der Waals surface area contributed by atoms with E-state index in [0.29, 0.717) is 19.0 Å². The van der Waals surface area contributed by atoms with Gasteiger partial charge in [0.05, 0.1) is 6.61 Å². The van der Waals surface area contributed by atoms with E-state index in [0.717, 1.165) is 11.3 Å². The molecule has 4 nitrogen and oxygen atoms in total. The van der Waals surface area contributed by atoms with Gasteiger partial charge in [-0.25, -0.2) is 4.79 Å². The van der Waals surface area contributed by atoms with Crippen molar-refractivity contribution in [1.82, 2.24) is 0 Å². The first-order valence-electron chi connectivity index (χ1n) is 6.83. The Hall–Kier alpha value is -2.49. The van der Waals surface area contributed by atoms with Crippen molar-refractivity contribution in [1.29, 1.82) is 0 Å². The Balaban J connectivity index is 1.87. The quantitative estimate of drug-likeness (QED) is 0.733. The molecule has 2 aromatic carbocycles. The summed E-state index contributed by atoms with van der Waals surface area (Å²) in [7, 11) is 0. The van der Waals surface area contributed by atoms with E-state index >= 15 is 0 Å². The van der Waals surface area contributed by atoms with Crippen LogP contribution in [-0.2, 0) is 16.1 Å². The second kappa shape index (κ2) is 7.94. The maximum absolute atomic E-state index is 11.2. The molecule has 0 heterocycles. The van der Waals surface area contributed by atoms with Gasteiger partial charge >= 0.3 is 5.97 Å². The topological polar surface area (TPSA) is 44.8 Å². The molecule has 0 aliphatic rings. The molecule has 0 spiro atoms. The summed E-state index contributed by atoms with van der Waals surface area (Å²) in [4.78, 5) is 11.2. The lowest BCUT2D eigenvalue weighted by Crippen LogP contribution is -2.14. The highest BCUT2D eigenvalue weighted by Crippen LogP contribution is 2.16. The number of carbonyl (C=O) groups excluding carboxylic acids is 1.